The molecule has 0 radical (unpaired) electrons. The van der Waals surface area contributed by atoms with Gasteiger partial charge in [0, 0.05) is 18.0 Å². The maximum atomic E-state index is 12.1. The van der Waals surface area contributed by atoms with E-state index < -0.39 is 5.97 Å². The van der Waals surface area contributed by atoms with Crippen LogP contribution in [-0.2, 0) is 4.74 Å². The molecule has 22 heavy (non-hydrogen) atoms. The van der Waals surface area contributed by atoms with Gasteiger partial charge in [-0.2, -0.15) is 0 Å². The maximum Gasteiger partial charge on any atom is 0.338 e. The Morgan fingerprint density at radius 3 is 2.64 bits per heavy atom. The molecule has 1 amide bonds. The van der Waals surface area contributed by atoms with E-state index >= 15 is 0 Å². The SMILES string of the molecule is CCOC(=O)c1cccc(NC(=O)c2ccc(OC)nc2)c1. The Hall–Kier alpha value is -2.89. The number of rotatable bonds is 5. The first-order chi connectivity index (χ1) is 10.6. The topological polar surface area (TPSA) is 77.5 Å². The predicted octanol–water partition coefficient (Wildman–Crippen LogP) is 2.52. The number of anilines is 1. The highest BCUT2D eigenvalue weighted by Crippen LogP contribution is 2.14. The second kappa shape index (κ2) is 7.21. The molecule has 6 heteroatoms. The molecule has 2 aromatic rings. The summed E-state index contributed by atoms with van der Waals surface area (Å²) < 4.78 is 9.86. The predicted molar refractivity (Wildman–Crippen MR) is 81.1 cm³/mol. The molecule has 1 aromatic heterocycles. The Bertz CT molecular complexity index is 668. The van der Waals surface area contributed by atoms with E-state index in [2.05, 4.69) is 10.3 Å². The zero-order chi connectivity index (χ0) is 15.9. The molecule has 0 saturated heterocycles. The van der Waals surface area contributed by atoms with Crippen LogP contribution in [0.1, 0.15) is 27.6 Å². The lowest BCUT2D eigenvalue weighted by Crippen LogP contribution is -2.13. The lowest BCUT2D eigenvalue weighted by atomic mass is 10.2. The number of methoxy groups -OCH3 is 1. The maximum absolute atomic E-state index is 12.1. The Morgan fingerprint density at radius 1 is 1.18 bits per heavy atom. The fourth-order valence-electron chi connectivity index (χ4n) is 1.78. The number of carbonyl (C=O) groups is 2. The zero-order valence-electron chi connectivity index (χ0n) is 12.3. The largest absolute Gasteiger partial charge is 0.481 e. The van der Waals surface area contributed by atoms with Crippen LogP contribution < -0.4 is 10.1 Å². The highest BCUT2D eigenvalue weighted by molar-refractivity contribution is 6.04. The van der Waals surface area contributed by atoms with Gasteiger partial charge in [0.2, 0.25) is 5.88 Å². The van der Waals surface area contributed by atoms with Gasteiger partial charge in [-0.25, -0.2) is 9.78 Å². The summed E-state index contributed by atoms with van der Waals surface area (Å²) in [6.07, 6.45) is 1.42. The normalized spacial score (nSPS) is 9.91. The van der Waals surface area contributed by atoms with Crippen LogP contribution in [0.5, 0.6) is 5.88 Å². The van der Waals surface area contributed by atoms with Crippen molar-refractivity contribution in [3.8, 4) is 5.88 Å². The molecule has 6 nitrogen and oxygen atoms in total. The average molecular weight is 300 g/mol. The number of nitrogens with zero attached hydrogens (tertiary/aromatic N) is 1. The second-order valence-corrected chi connectivity index (χ2v) is 4.34. The lowest BCUT2D eigenvalue weighted by Gasteiger charge is -2.07. The fraction of sp³-hybridized carbons (Fsp3) is 0.188. The first-order valence-corrected chi connectivity index (χ1v) is 6.72. The number of ether oxygens (including phenoxy) is 2. The molecule has 0 bridgehead atoms. The molecule has 0 spiro atoms. The van der Waals surface area contributed by atoms with Gasteiger partial charge in [-0.1, -0.05) is 6.07 Å². The van der Waals surface area contributed by atoms with Crippen molar-refractivity contribution in [1.82, 2.24) is 4.98 Å². The third kappa shape index (κ3) is 3.82. The third-order valence-electron chi connectivity index (χ3n) is 2.84. The third-order valence-corrected chi connectivity index (χ3v) is 2.84. The summed E-state index contributed by atoms with van der Waals surface area (Å²) >= 11 is 0. The Kier molecular flexibility index (Phi) is 5.08. The van der Waals surface area contributed by atoms with Crippen LogP contribution in [0.2, 0.25) is 0 Å². The summed E-state index contributed by atoms with van der Waals surface area (Å²) in [7, 11) is 1.50. The van der Waals surface area contributed by atoms with E-state index in [0.717, 1.165) is 0 Å². The fourth-order valence-corrected chi connectivity index (χ4v) is 1.78. The highest BCUT2D eigenvalue weighted by Gasteiger charge is 2.10. The molecule has 1 aromatic carbocycles. The Labute approximate surface area is 128 Å². The van der Waals surface area contributed by atoms with Gasteiger partial charge < -0.3 is 14.8 Å². The van der Waals surface area contributed by atoms with Crippen molar-refractivity contribution >= 4 is 17.6 Å². The van der Waals surface area contributed by atoms with Gasteiger partial charge in [-0.15, -0.1) is 0 Å². The summed E-state index contributed by atoms with van der Waals surface area (Å²) in [5.41, 5.74) is 1.28. The number of pyridine rings is 1. The number of amides is 1. The molecule has 0 saturated carbocycles. The van der Waals surface area contributed by atoms with Gasteiger partial charge in [0.25, 0.3) is 5.91 Å². The lowest BCUT2D eigenvalue weighted by molar-refractivity contribution is 0.0526. The van der Waals surface area contributed by atoms with E-state index in [9.17, 15) is 9.59 Å². The van der Waals surface area contributed by atoms with E-state index in [1.165, 1.54) is 13.3 Å². The molecular weight excluding hydrogens is 284 g/mol. The summed E-state index contributed by atoms with van der Waals surface area (Å²) in [4.78, 5) is 27.7. The first kappa shape index (κ1) is 15.5. The van der Waals surface area contributed by atoms with Crippen LogP contribution >= 0.6 is 0 Å². The van der Waals surface area contributed by atoms with Crippen LogP contribution in [0.4, 0.5) is 5.69 Å². The van der Waals surface area contributed by atoms with Crippen LogP contribution in [0.25, 0.3) is 0 Å². The van der Waals surface area contributed by atoms with Gasteiger partial charge >= 0.3 is 5.97 Å². The number of benzene rings is 1. The van der Waals surface area contributed by atoms with Crippen LogP contribution in [0.3, 0.4) is 0 Å². The molecule has 0 fully saturated rings. The summed E-state index contributed by atoms with van der Waals surface area (Å²) in [5.74, 6) is -0.318. The minimum atomic E-state index is -0.426. The monoisotopic (exact) mass is 300 g/mol. The van der Waals surface area contributed by atoms with Gasteiger partial charge in [-0.3, -0.25) is 4.79 Å². The first-order valence-electron chi connectivity index (χ1n) is 6.72. The number of esters is 1. The molecule has 2 rings (SSSR count). The standard InChI is InChI=1S/C16H16N2O4/c1-3-22-16(20)11-5-4-6-13(9-11)18-15(19)12-7-8-14(21-2)17-10-12/h4-10H,3H2,1-2H3,(H,18,19). The summed E-state index contributed by atoms with van der Waals surface area (Å²) in [6.45, 7) is 2.03. The smallest absolute Gasteiger partial charge is 0.338 e. The van der Waals surface area contributed by atoms with Gasteiger partial charge in [-0.05, 0) is 31.2 Å². The van der Waals surface area contributed by atoms with Crippen LogP contribution in [-0.4, -0.2) is 30.6 Å². The van der Waals surface area contributed by atoms with Gasteiger partial charge in [0.05, 0.1) is 24.8 Å². The van der Waals surface area contributed by atoms with Gasteiger partial charge in [0.1, 0.15) is 0 Å². The molecule has 114 valence electrons. The zero-order valence-corrected chi connectivity index (χ0v) is 12.3. The molecule has 1 N–H and O–H groups in total. The van der Waals surface area contributed by atoms with Crippen molar-refractivity contribution < 1.29 is 19.1 Å². The van der Waals surface area contributed by atoms with E-state index in [0.29, 0.717) is 29.3 Å². The molecule has 0 unspecified atom stereocenters. The number of hydrogen-bond acceptors (Lipinski definition) is 5. The molecule has 0 atom stereocenters. The average Bonchev–Trinajstić information content (AvgIpc) is 2.55. The van der Waals surface area contributed by atoms with Crippen LogP contribution in [0.15, 0.2) is 42.6 Å². The minimum Gasteiger partial charge on any atom is -0.481 e. The number of nitrogens with one attached hydrogen (secondary N) is 1. The Morgan fingerprint density at radius 2 is 2.00 bits per heavy atom. The molecule has 0 aliphatic carbocycles. The van der Waals surface area contributed by atoms with E-state index in [1.54, 1.807) is 43.3 Å². The summed E-state index contributed by atoms with van der Waals surface area (Å²) in [5, 5.41) is 2.71. The van der Waals surface area contributed by atoms with Crippen molar-refractivity contribution in [2.45, 2.75) is 6.92 Å². The van der Waals surface area contributed by atoms with Crippen molar-refractivity contribution in [1.29, 1.82) is 0 Å². The molecule has 0 aliphatic heterocycles. The molecule has 1 heterocycles. The van der Waals surface area contributed by atoms with E-state index in [4.69, 9.17) is 9.47 Å². The van der Waals surface area contributed by atoms with E-state index in [1.807, 2.05) is 0 Å². The number of hydrogen-bond donors (Lipinski definition) is 1. The van der Waals surface area contributed by atoms with Crippen LogP contribution in [0, 0.1) is 0 Å². The Balaban J connectivity index is 2.10. The summed E-state index contributed by atoms with van der Waals surface area (Å²) in [6, 6.07) is 9.77. The number of carbonyl (C=O) groups excluding carboxylic acids is 2. The highest BCUT2D eigenvalue weighted by atomic mass is 16.5. The molecular formula is C16H16N2O4. The van der Waals surface area contributed by atoms with Crippen molar-refractivity contribution in [3.63, 3.8) is 0 Å². The van der Waals surface area contributed by atoms with Gasteiger partial charge in [0.15, 0.2) is 0 Å². The molecule has 0 aliphatic rings. The van der Waals surface area contributed by atoms with Crippen molar-refractivity contribution in [3.05, 3.63) is 53.7 Å². The quantitative estimate of drug-likeness (QED) is 0.858. The number of aromatic nitrogens is 1. The minimum absolute atomic E-state index is 0.299. The van der Waals surface area contributed by atoms with Crippen molar-refractivity contribution in [2.24, 2.45) is 0 Å². The van der Waals surface area contributed by atoms with Crippen molar-refractivity contribution in [2.75, 3.05) is 19.0 Å². The second-order valence-electron chi connectivity index (χ2n) is 4.34. The van der Waals surface area contributed by atoms with E-state index in [-0.39, 0.29) is 5.91 Å².